The highest BCUT2D eigenvalue weighted by atomic mass is 19.1. The van der Waals surface area contributed by atoms with Gasteiger partial charge in [0.15, 0.2) is 11.6 Å². The maximum atomic E-state index is 13.2. The van der Waals surface area contributed by atoms with Crippen molar-refractivity contribution in [3.8, 4) is 5.75 Å². The van der Waals surface area contributed by atoms with Crippen molar-refractivity contribution in [3.63, 3.8) is 0 Å². The van der Waals surface area contributed by atoms with Crippen LogP contribution in [0, 0.1) is 12.7 Å². The third-order valence-corrected chi connectivity index (χ3v) is 2.07. The first-order valence-corrected chi connectivity index (χ1v) is 4.76. The summed E-state index contributed by atoms with van der Waals surface area (Å²) in [5, 5.41) is 9.57. The molecule has 3 N–H and O–H groups in total. The van der Waals surface area contributed by atoms with Crippen LogP contribution in [0.4, 0.5) is 4.39 Å². The number of aliphatic hydroxyl groups is 1. The maximum absolute atomic E-state index is 13.2. The molecule has 3 nitrogen and oxygen atoms in total. The summed E-state index contributed by atoms with van der Waals surface area (Å²) in [6.45, 7) is 3.43. The summed E-state index contributed by atoms with van der Waals surface area (Å²) in [4.78, 5) is 0. The Hall–Kier alpha value is -1.13. The molecule has 0 aliphatic heterocycles. The number of hydrogen-bond donors (Lipinski definition) is 2. The van der Waals surface area contributed by atoms with Crippen molar-refractivity contribution in [1.29, 1.82) is 0 Å². The fourth-order valence-corrected chi connectivity index (χ4v) is 1.01. The van der Waals surface area contributed by atoms with Crippen molar-refractivity contribution >= 4 is 0 Å². The Kier molecular flexibility index (Phi) is 3.66. The lowest BCUT2D eigenvalue weighted by Crippen LogP contribution is -2.40. The highest BCUT2D eigenvalue weighted by Gasteiger charge is 2.19. The Balaban J connectivity index is 2.69. The Morgan fingerprint density at radius 2 is 2.20 bits per heavy atom. The topological polar surface area (TPSA) is 55.5 Å². The van der Waals surface area contributed by atoms with Gasteiger partial charge >= 0.3 is 0 Å². The molecule has 0 radical (unpaired) electrons. The number of ether oxygens (including phenoxy) is 1. The van der Waals surface area contributed by atoms with Crippen LogP contribution in [-0.2, 0) is 0 Å². The van der Waals surface area contributed by atoms with Crippen molar-refractivity contribution < 1.29 is 14.2 Å². The van der Waals surface area contributed by atoms with Crippen molar-refractivity contribution in [3.05, 3.63) is 29.6 Å². The molecule has 1 atom stereocenters. The van der Waals surface area contributed by atoms with Crippen LogP contribution in [0.2, 0.25) is 0 Å². The average molecular weight is 213 g/mol. The summed E-state index contributed by atoms with van der Waals surface area (Å²) >= 11 is 0. The molecule has 84 valence electrons. The second-order valence-corrected chi connectivity index (χ2v) is 3.92. The molecular weight excluding hydrogens is 197 g/mol. The van der Waals surface area contributed by atoms with Gasteiger partial charge < -0.3 is 15.6 Å². The zero-order valence-corrected chi connectivity index (χ0v) is 8.96. The normalized spacial score (nSPS) is 14.7. The monoisotopic (exact) mass is 213 g/mol. The van der Waals surface area contributed by atoms with Crippen molar-refractivity contribution in [2.45, 2.75) is 19.4 Å². The Bertz CT molecular complexity index is 339. The second kappa shape index (κ2) is 4.59. The summed E-state index contributed by atoms with van der Waals surface area (Å²) in [5.74, 6) is -0.294. The van der Waals surface area contributed by atoms with Crippen molar-refractivity contribution in [1.82, 2.24) is 0 Å². The first kappa shape index (κ1) is 11.9. The minimum atomic E-state index is -1.13. The number of rotatable bonds is 4. The summed E-state index contributed by atoms with van der Waals surface area (Å²) in [7, 11) is 0. The number of nitrogens with two attached hydrogens (primary N) is 1. The molecule has 0 fully saturated rings. The minimum Gasteiger partial charge on any atom is -0.487 e. The molecular formula is C11H16FNO2. The minimum absolute atomic E-state index is 0.0239. The van der Waals surface area contributed by atoms with Crippen LogP contribution in [0.1, 0.15) is 12.5 Å². The Labute approximate surface area is 88.7 Å². The van der Waals surface area contributed by atoms with E-state index in [1.807, 2.05) is 6.92 Å². The summed E-state index contributed by atoms with van der Waals surface area (Å²) < 4.78 is 18.4. The lowest BCUT2D eigenvalue weighted by molar-refractivity contribution is 0.0183. The Morgan fingerprint density at radius 1 is 1.53 bits per heavy atom. The van der Waals surface area contributed by atoms with Gasteiger partial charge in [0.05, 0.1) is 0 Å². The molecule has 0 saturated heterocycles. The first-order chi connectivity index (χ1) is 6.94. The quantitative estimate of drug-likeness (QED) is 0.790. The predicted octanol–water partition coefficient (Wildman–Crippen LogP) is 1.22. The van der Waals surface area contributed by atoms with Crippen LogP contribution in [0.15, 0.2) is 18.2 Å². The fraction of sp³-hybridized carbons (Fsp3) is 0.455. The fourth-order valence-electron chi connectivity index (χ4n) is 1.01. The summed E-state index contributed by atoms with van der Waals surface area (Å²) in [6, 6.07) is 4.58. The second-order valence-electron chi connectivity index (χ2n) is 3.92. The molecule has 4 heteroatoms. The van der Waals surface area contributed by atoms with Gasteiger partial charge in [-0.15, -0.1) is 0 Å². The Morgan fingerprint density at radius 3 is 2.80 bits per heavy atom. The van der Waals surface area contributed by atoms with E-state index >= 15 is 0 Å². The number of halogens is 1. The molecule has 0 aliphatic rings. The van der Waals surface area contributed by atoms with Crippen LogP contribution < -0.4 is 10.5 Å². The van der Waals surface area contributed by atoms with Gasteiger partial charge in [0.2, 0.25) is 0 Å². The SMILES string of the molecule is Cc1ccc(F)c(OCC(C)(O)CN)c1. The first-order valence-electron chi connectivity index (χ1n) is 4.76. The maximum Gasteiger partial charge on any atom is 0.165 e. The van der Waals surface area contributed by atoms with E-state index in [0.29, 0.717) is 0 Å². The molecule has 1 aromatic carbocycles. The smallest absolute Gasteiger partial charge is 0.165 e. The van der Waals surface area contributed by atoms with Gasteiger partial charge in [-0.1, -0.05) is 6.07 Å². The zero-order valence-electron chi connectivity index (χ0n) is 8.96. The lowest BCUT2D eigenvalue weighted by atomic mass is 10.1. The molecule has 0 saturated carbocycles. The largest absolute Gasteiger partial charge is 0.487 e. The van der Waals surface area contributed by atoms with Crippen molar-refractivity contribution in [2.75, 3.05) is 13.2 Å². The van der Waals surface area contributed by atoms with E-state index in [2.05, 4.69) is 0 Å². The van der Waals surface area contributed by atoms with Gasteiger partial charge in [0.1, 0.15) is 12.2 Å². The molecule has 0 bridgehead atoms. The van der Waals surface area contributed by atoms with E-state index in [1.165, 1.54) is 6.07 Å². The van der Waals surface area contributed by atoms with Crippen LogP contribution in [0.3, 0.4) is 0 Å². The van der Waals surface area contributed by atoms with Crippen LogP contribution in [0.25, 0.3) is 0 Å². The van der Waals surface area contributed by atoms with E-state index < -0.39 is 11.4 Å². The standard InChI is InChI=1S/C11H16FNO2/c1-8-3-4-9(12)10(5-8)15-7-11(2,14)6-13/h3-5,14H,6-7,13H2,1-2H3. The number of aryl methyl sites for hydroxylation is 1. The molecule has 1 aromatic rings. The van der Waals surface area contributed by atoms with Gasteiger partial charge in [-0.25, -0.2) is 4.39 Å². The number of benzene rings is 1. The van der Waals surface area contributed by atoms with E-state index in [-0.39, 0.29) is 18.9 Å². The zero-order chi connectivity index (χ0) is 11.5. The van der Waals surface area contributed by atoms with Crippen molar-refractivity contribution in [2.24, 2.45) is 5.73 Å². The van der Waals surface area contributed by atoms with Gasteiger partial charge in [0, 0.05) is 6.54 Å². The van der Waals surface area contributed by atoms with Gasteiger partial charge in [-0.3, -0.25) is 0 Å². The summed E-state index contributed by atoms with van der Waals surface area (Å²) in [5.41, 5.74) is 5.09. The molecule has 1 unspecified atom stereocenters. The number of hydrogen-bond acceptors (Lipinski definition) is 3. The molecule has 0 heterocycles. The van der Waals surface area contributed by atoms with E-state index in [1.54, 1.807) is 19.1 Å². The molecule has 0 aliphatic carbocycles. The molecule has 0 aromatic heterocycles. The van der Waals surface area contributed by atoms with Gasteiger partial charge in [-0.2, -0.15) is 0 Å². The molecule has 1 rings (SSSR count). The van der Waals surface area contributed by atoms with Gasteiger partial charge in [-0.05, 0) is 31.5 Å². The van der Waals surface area contributed by atoms with Crippen LogP contribution in [0.5, 0.6) is 5.75 Å². The van der Waals surface area contributed by atoms with E-state index in [4.69, 9.17) is 10.5 Å². The predicted molar refractivity (Wildman–Crippen MR) is 56.3 cm³/mol. The molecule has 15 heavy (non-hydrogen) atoms. The highest BCUT2D eigenvalue weighted by Crippen LogP contribution is 2.19. The third kappa shape index (κ3) is 3.49. The van der Waals surface area contributed by atoms with Gasteiger partial charge in [0.25, 0.3) is 0 Å². The lowest BCUT2D eigenvalue weighted by Gasteiger charge is -2.21. The van der Waals surface area contributed by atoms with E-state index in [9.17, 15) is 9.50 Å². The third-order valence-electron chi connectivity index (χ3n) is 2.07. The highest BCUT2D eigenvalue weighted by molar-refractivity contribution is 5.29. The molecule has 0 amide bonds. The van der Waals surface area contributed by atoms with Crippen LogP contribution in [-0.4, -0.2) is 23.9 Å². The molecule has 0 spiro atoms. The average Bonchev–Trinajstić information content (AvgIpc) is 2.20. The van der Waals surface area contributed by atoms with Crippen LogP contribution >= 0.6 is 0 Å². The summed E-state index contributed by atoms with van der Waals surface area (Å²) in [6.07, 6.45) is 0. The van der Waals surface area contributed by atoms with E-state index in [0.717, 1.165) is 5.56 Å².